The molecule has 10 aromatic rings. The van der Waals surface area contributed by atoms with E-state index in [2.05, 4.69) is 217 Å². The maximum absolute atomic E-state index is 2.60. The van der Waals surface area contributed by atoms with E-state index in [4.69, 9.17) is 0 Å². The molecule has 0 saturated carbocycles. The van der Waals surface area contributed by atoms with Crippen LogP contribution in [0.25, 0.3) is 60.5 Å². The van der Waals surface area contributed by atoms with E-state index >= 15 is 0 Å². The lowest BCUT2D eigenvalue weighted by Gasteiger charge is -2.34. The van der Waals surface area contributed by atoms with Crippen molar-refractivity contribution in [2.24, 2.45) is 0 Å². The van der Waals surface area contributed by atoms with Gasteiger partial charge in [0.2, 0.25) is 0 Å². The van der Waals surface area contributed by atoms with Gasteiger partial charge in [0.1, 0.15) is 0 Å². The highest BCUT2D eigenvalue weighted by atomic mass is 28.3. The van der Waals surface area contributed by atoms with Crippen molar-refractivity contribution in [3.63, 3.8) is 0 Å². The van der Waals surface area contributed by atoms with Gasteiger partial charge >= 0.3 is 0 Å². The number of nitrogens with zero attached hydrogens (tertiary/aromatic N) is 1. The molecular weight excluding hydrogens is 643 g/mol. The van der Waals surface area contributed by atoms with Crippen molar-refractivity contribution in [2.45, 2.75) is 0 Å². The molecule has 0 fully saturated rings. The maximum atomic E-state index is 2.47. The molecule has 0 aliphatic heterocycles. The highest BCUT2D eigenvalue weighted by Gasteiger charge is 2.41. The second kappa shape index (κ2) is 12.4. The molecule has 0 saturated heterocycles. The Hall–Kier alpha value is -6.48. The summed E-state index contributed by atoms with van der Waals surface area (Å²) in [5.41, 5.74) is 8.53. The first kappa shape index (κ1) is 30.4. The molecule has 244 valence electrons. The Bertz CT molecular complexity index is 2690. The molecule has 0 amide bonds. The molecule has 0 aliphatic rings. The average molecular weight is 678 g/mol. The van der Waals surface area contributed by atoms with Crippen LogP contribution in [0.3, 0.4) is 0 Å². The molecule has 2 heteroatoms. The molecule has 0 bridgehead atoms. The van der Waals surface area contributed by atoms with Gasteiger partial charge in [-0.05, 0) is 90.2 Å². The third-order valence-electron chi connectivity index (χ3n) is 10.9. The molecule has 0 unspecified atom stereocenters. The van der Waals surface area contributed by atoms with Crippen molar-refractivity contribution in [2.75, 3.05) is 0 Å². The van der Waals surface area contributed by atoms with Gasteiger partial charge in [-0.1, -0.05) is 176 Å². The molecule has 1 heterocycles. The summed E-state index contributed by atoms with van der Waals surface area (Å²) < 4.78 is 2.47. The van der Waals surface area contributed by atoms with Gasteiger partial charge in [-0.15, -0.1) is 0 Å². The number of hydrogen-bond acceptors (Lipinski definition) is 0. The zero-order valence-corrected chi connectivity index (χ0v) is 29.7. The van der Waals surface area contributed by atoms with Gasteiger partial charge in [0.15, 0.2) is 8.07 Å². The highest BCUT2D eigenvalue weighted by molar-refractivity contribution is 7.19. The van der Waals surface area contributed by atoms with Crippen molar-refractivity contribution >= 4 is 61.4 Å². The fraction of sp³-hybridized carbons (Fsp3) is 0. The molecular formula is C50H35NSi. The zero-order chi connectivity index (χ0) is 34.5. The van der Waals surface area contributed by atoms with Crippen LogP contribution in [0.1, 0.15) is 0 Å². The fourth-order valence-electron chi connectivity index (χ4n) is 8.56. The zero-order valence-electron chi connectivity index (χ0n) is 28.7. The summed E-state index contributed by atoms with van der Waals surface area (Å²) in [5.74, 6) is 0. The predicted octanol–water partition coefficient (Wildman–Crippen LogP) is 10.1. The third kappa shape index (κ3) is 4.76. The Morgan fingerprint density at radius 2 is 0.654 bits per heavy atom. The van der Waals surface area contributed by atoms with Crippen LogP contribution in [-0.2, 0) is 0 Å². The molecule has 0 radical (unpaired) electrons. The van der Waals surface area contributed by atoms with Crippen LogP contribution < -0.4 is 20.7 Å². The van der Waals surface area contributed by atoms with Crippen LogP contribution >= 0.6 is 0 Å². The SMILES string of the molecule is c1ccc(-c2cc3ccc4cc(-c5ccc([Si](c6ccccc6)(c6ccccc6)c6ccccc6)cc5)cc5c4c3c(c2)n5-c2ccccc2)cc1. The summed E-state index contributed by atoms with van der Waals surface area (Å²) in [6.07, 6.45) is 0. The van der Waals surface area contributed by atoms with Crippen LogP contribution in [0.2, 0.25) is 0 Å². The molecule has 1 aromatic heterocycles. The number of para-hydroxylation sites is 1. The van der Waals surface area contributed by atoms with Crippen molar-refractivity contribution in [3.8, 4) is 27.9 Å². The van der Waals surface area contributed by atoms with Gasteiger partial charge in [-0.3, -0.25) is 0 Å². The van der Waals surface area contributed by atoms with Gasteiger partial charge in [0.25, 0.3) is 0 Å². The first-order chi connectivity index (χ1) is 25.8. The standard InChI is InChI=1S/C50H35NSi/c1-6-16-36(17-7-1)40-32-38-26-27-39-33-41(35-48-50(39)49(38)47(34-40)51(48)42-18-8-2-9-19-42)37-28-30-46(31-29-37)52(43-20-10-3-11-21-43,44-22-12-4-13-23-44)45-24-14-5-15-25-45/h1-35H. The van der Waals surface area contributed by atoms with Crippen molar-refractivity contribution < 1.29 is 0 Å². The van der Waals surface area contributed by atoms with Crippen LogP contribution in [0.5, 0.6) is 0 Å². The van der Waals surface area contributed by atoms with Crippen LogP contribution in [0, 0.1) is 0 Å². The van der Waals surface area contributed by atoms with E-state index in [1.54, 1.807) is 0 Å². The normalized spacial score (nSPS) is 11.8. The smallest absolute Gasteiger partial charge is 0.179 e. The molecule has 0 spiro atoms. The number of hydrogen-bond donors (Lipinski definition) is 0. The lowest BCUT2D eigenvalue weighted by Crippen LogP contribution is -2.74. The lowest BCUT2D eigenvalue weighted by atomic mass is 9.95. The minimum absolute atomic E-state index is 1.17. The molecule has 52 heavy (non-hydrogen) atoms. The number of benzene rings is 9. The van der Waals surface area contributed by atoms with Crippen LogP contribution in [0.4, 0.5) is 0 Å². The van der Waals surface area contributed by atoms with Crippen molar-refractivity contribution in [1.82, 2.24) is 4.57 Å². The lowest BCUT2D eigenvalue weighted by molar-refractivity contribution is 1.18. The van der Waals surface area contributed by atoms with Gasteiger partial charge in [0.05, 0.1) is 11.0 Å². The monoisotopic (exact) mass is 677 g/mol. The molecule has 9 aromatic carbocycles. The van der Waals surface area contributed by atoms with E-state index in [0.29, 0.717) is 0 Å². The molecule has 0 atom stereocenters. The summed E-state index contributed by atoms with van der Waals surface area (Å²) in [5, 5.41) is 10.7. The minimum Gasteiger partial charge on any atom is -0.309 e. The van der Waals surface area contributed by atoms with E-state index < -0.39 is 8.07 Å². The van der Waals surface area contributed by atoms with Gasteiger partial charge in [-0.25, -0.2) is 0 Å². The molecule has 1 nitrogen and oxygen atoms in total. The van der Waals surface area contributed by atoms with Crippen LogP contribution in [0.15, 0.2) is 212 Å². The van der Waals surface area contributed by atoms with E-state index in [-0.39, 0.29) is 0 Å². The third-order valence-corrected chi connectivity index (χ3v) is 15.7. The molecule has 0 N–H and O–H groups in total. The predicted molar refractivity (Wildman–Crippen MR) is 224 cm³/mol. The quantitative estimate of drug-likeness (QED) is 0.0899. The first-order valence-electron chi connectivity index (χ1n) is 18.0. The van der Waals surface area contributed by atoms with Gasteiger partial charge in [-0.2, -0.15) is 0 Å². The largest absolute Gasteiger partial charge is 0.309 e. The summed E-state index contributed by atoms with van der Waals surface area (Å²) in [7, 11) is -2.60. The van der Waals surface area contributed by atoms with E-state index in [9.17, 15) is 0 Å². The average Bonchev–Trinajstić information content (AvgIpc) is 3.57. The molecule has 0 aliphatic carbocycles. The van der Waals surface area contributed by atoms with Gasteiger partial charge < -0.3 is 4.57 Å². The van der Waals surface area contributed by atoms with Crippen LogP contribution in [-0.4, -0.2) is 12.6 Å². The Balaban J connectivity index is 1.19. The van der Waals surface area contributed by atoms with E-state index in [0.717, 1.165) is 0 Å². The number of aromatic nitrogens is 1. The summed E-state index contributed by atoms with van der Waals surface area (Å²) >= 11 is 0. The maximum Gasteiger partial charge on any atom is 0.179 e. The Labute approximate surface area is 305 Å². The molecule has 10 rings (SSSR count). The second-order valence-electron chi connectivity index (χ2n) is 13.7. The van der Waals surface area contributed by atoms with Gasteiger partial charge in [0, 0.05) is 16.5 Å². The Morgan fingerprint density at radius 1 is 0.288 bits per heavy atom. The Morgan fingerprint density at radius 3 is 1.10 bits per heavy atom. The second-order valence-corrected chi connectivity index (χ2v) is 17.5. The van der Waals surface area contributed by atoms with E-state index in [1.165, 1.54) is 81.3 Å². The Kier molecular flexibility index (Phi) is 7.23. The first-order valence-corrected chi connectivity index (χ1v) is 20.0. The fourth-order valence-corrected chi connectivity index (χ4v) is 13.3. The summed E-state index contributed by atoms with van der Waals surface area (Å²) in [4.78, 5) is 0. The van der Waals surface area contributed by atoms with Crippen molar-refractivity contribution in [1.29, 1.82) is 0 Å². The topological polar surface area (TPSA) is 4.93 Å². The van der Waals surface area contributed by atoms with E-state index in [1.807, 2.05) is 0 Å². The number of rotatable bonds is 7. The summed E-state index contributed by atoms with van der Waals surface area (Å²) in [6, 6.07) is 78.6. The highest BCUT2D eigenvalue weighted by Crippen LogP contribution is 2.43. The summed E-state index contributed by atoms with van der Waals surface area (Å²) in [6.45, 7) is 0. The minimum atomic E-state index is -2.60. The van der Waals surface area contributed by atoms with Crippen molar-refractivity contribution in [3.05, 3.63) is 212 Å².